The van der Waals surface area contributed by atoms with Crippen molar-refractivity contribution < 1.29 is 31.1 Å². The Morgan fingerprint density at radius 3 is 1.79 bits per heavy atom. The van der Waals surface area contributed by atoms with Gasteiger partial charge in [0.05, 0.1) is 0 Å². The number of hydrogen-bond acceptors (Lipinski definition) is 1. The van der Waals surface area contributed by atoms with Crippen molar-refractivity contribution in [2.24, 2.45) is 0 Å². The van der Waals surface area contributed by atoms with Gasteiger partial charge in [0.15, 0.2) is 0 Å². The van der Waals surface area contributed by atoms with E-state index in [0.717, 1.165) is 0 Å². The van der Waals surface area contributed by atoms with Crippen LogP contribution in [0.1, 0.15) is 25.7 Å². The molecule has 0 saturated heterocycles. The molecule has 0 amide bonds. The molecule has 1 nitrogen and oxygen atoms in total. The first-order valence-corrected chi connectivity index (χ1v) is 3.75. The number of carbonyl (C=O) groups is 1. The van der Waals surface area contributed by atoms with E-state index in [2.05, 4.69) is 0 Å². The maximum Gasteiger partial charge on any atom is 0.395 e. The number of ketones is 1. The molecule has 0 spiro atoms. The molecular weight excluding hydrogens is 214 g/mol. The number of rotatable bonds is 4. The van der Waals surface area contributed by atoms with Crippen molar-refractivity contribution in [1.29, 1.82) is 0 Å². The summed E-state index contributed by atoms with van der Waals surface area (Å²) in [4.78, 5) is 10.5. The molecule has 0 fully saturated rings. The molecule has 14 heavy (non-hydrogen) atoms. The lowest BCUT2D eigenvalue weighted by Crippen LogP contribution is -2.15. The zero-order valence-electron chi connectivity index (χ0n) is 7.00. The number of carbonyl (C=O) groups excluding carboxylic acids is 1. The van der Waals surface area contributed by atoms with Gasteiger partial charge < -0.3 is 0 Å². The summed E-state index contributed by atoms with van der Waals surface area (Å²) < 4.78 is 69.1. The third-order valence-electron chi connectivity index (χ3n) is 1.31. The van der Waals surface area contributed by atoms with E-state index in [9.17, 15) is 31.1 Å². The molecule has 0 aliphatic heterocycles. The van der Waals surface area contributed by atoms with Gasteiger partial charge in [-0.1, -0.05) is 0 Å². The smallest absolute Gasteiger partial charge is 0.299 e. The molecule has 0 aromatic heterocycles. The third kappa shape index (κ3) is 9.34. The normalized spacial score (nSPS) is 13.0. The predicted molar refractivity (Wildman–Crippen MR) is 35.6 cm³/mol. The fourth-order valence-corrected chi connectivity index (χ4v) is 0.798. The van der Waals surface area contributed by atoms with Crippen molar-refractivity contribution in [3.05, 3.63) is 0 Å². The van der Waals surface area contributed by atoms with Crippen LogP contribution in [0.3, 0.4) is 0 Å². The summed E-state index contributed by atoms with van der Waals surface area (Å²) in [6.45, 7) is 0. The van der Waals surface area contributed by atoms with Crippen LogP contribution >= 0.6 is 0 Å². The highest BCUT2D eigenvalue weighted by Crippen LogP contribution is 2.24. The van der Waals surface area contributed by atoms with Crippen LogP contribution in [0.25, 0.3) is 0 Å². The number of hydrogen-bond donors (Lipinski definition) is 0. The molecule has 0 heterocycles. The summed E-state index contributed by atoms with van der Waals surface area (Å²) in [6, 6.07) is 0. The largest absolute Gasteiger partial charge is 0.395 e. The molecule has 0 bridgehead atoms. The third-order valence-corrected chi connectivity index (χ3v) is 1.31. The van der Waals surface area contributed by atoms with Gasteiger partial charge in [0.25, 0.3) is 0 Å². The van der Waals surface area contributed by atoms with E-state index in [-0.39, 0.29) is 0 Å². The van der Waals surface area contributed by atoms with Gasteiger partial charge in [-0.15, -0.1) is 0 Å². The standard InChI is InChI=1S/C7H8F6O/c8-6(9,10)3-1-2-5(14)4-7(11,12)13/h1-4H2. The minimum atomic E-state index is -4.63. The maximum absolute atomic E-state index is 11.5. The van der Waals surface area contributed by atoms with Crippen molar-refractivity contribution in [2.75, 3.05) is 0 Å². The minimum Gasteiger partial charge on any atom is -0.299 e. The van der Waals surface area contributed by atoms with E-state index in [4.69, 9.17) is 0 Å². The van der Waals surface area contributed by atoms with Crippen LogP contribution in [-0.2, 0) is 4.79 Å². The Morgan fingerprint density at radius 2 is 1.43 bits per heavy atom. The fraction of sp³-hybridized carbons (Fsp3) is 0.857. The second-order valence-corrected chi connectivity index (χ2v) is 2.80. The molecule has 0 aromatic carbocycles. The van der Waals surface area contributed by atoms with Gasteiger partial charge in [0, 0.05) is 12.8 Å². The molecule has 0 aliphatic carbocycles. The van der Waals surface area contributed by atoms with Gasteiger partial charge in [-0.3, -0.25) is 4.79 Å². The lowest BCUT2D eigenvalue weighted by molar-refractivity contribution is -0.153. The number of Topliss-reactive ketones (excluding diaryl/α,β-unsaturated/α-hetero) is 1. The maximum atomic E-state index is 11.5. The van der Waals surface area contributed by atoms with Crippen LogP contribution in [0, 0.1) is 0 Å². The summed E-state index contributed by atoms with van der Waals surface area (Å²) in [6.07, 6.45) is -13.2. The quantitative estimate of drug-likeness (QED) is 0.667. The zero-order chi connectivity index (χ0) is 11.4. The molecule has 0 rings (SSSR count). The summed E-state index contributed by atoms with van der Waals surface area (Å²) >= 11 is 0. The van der Waals surface area contributed by atoms with E-state index in [1.807, 2.05) is 0 Å². The Morgan fingerprint density at radius 1 is 0.929 bits per heavy atom. The molecule has 0 aliphatic rings. The van der Waals surface area contributed by atoms with Crippen LogP contribution in [-0.4, -0.2) is 18.1 Å². The molecule has 0 unspecified atom stereocenters. The lowest BCUT2D eigenvalue weighted by atomic mass is 10.1. The van der Waals surface area contributed by atoms with Gasteiger partial charge in [0.2, 0.25) is 0 Å². The first kappa shape index (κ1) is 13.2. The monoisotopic (exact) mass is 222 g/mol. The van der Waals surface area contributed by atoms with Crippen LogP contribution in [0.4, 0.5) is 26.3 Å². The van der Waals surface area contributed by atoms with Crippen molar-refractivity contribution in [3.63, 3.8) is 0 Å². The Hall–Kier alpha value is -0.750. The van der Waals surface area contributed by atoms with Gasteiger partial charge in [-0.05, 0) is 6.42 Å². The fourth-order valence-electron chi connectivity index (χ4n) is 0.798. The molecule has 0 saturated carbocycles. The van der Waals surface area contributed by atoms with Crippen LogP contribution < -0.4 is 0 Å². The predicted octanol–water partition coefficient (Wildman–Crippen LogP) is 3.24. The van der Waals surface area contributed by atoms with Gasteiger partial charge in [0.1, 0.15) is 12.2 Å². The van der Waals surface area contributed by atoms with Crippen molar-refractivity contribution in [3.8, 4) is 0 Å². The highest BCUT2D eigenvalue weighted by Gasteiger charge is 2.32. The first-order chi connectivity index (χ1) is 6.10. The molecule has 0 N–H and O–H groups in total. The SMILES string of the molecule is O=C(CCCC(F)(F)F)CC(F)(F)F. The highest BCUT2D eigenvalue weighted by atomic mass is 19.4. The van der Waals surface area contributed by atoms with E-state index >= 15 is 0 Å². The van der Waals surface area contributed by atoms with Crippen molar-refractivity contribution in [2.45, 2.75) is 38.0 Å². The van der Waals surface area contributed by atoms with E-state index < -0.39 is 43.8 Å². The van der Waals surface area contributed by atoms with Gasteiger partial charge in [-0.25, -0.2) is 0 Å². The topological polar surface area (TPSA) is 17.1 Å². The Balaban J connectivity index is 3.66. The summed E-state index contributed by atoms with van der Waals surface area (Å²) in [5.41, 5.74) is 0. The lowest BCUT2D eigenvalue weighted by Gasteiger charge is -2.06. The van der Waals surface area contributed by atoms with Gasteiger partial charge >= 0.3 is 12.4 Å². The van der Waals surface area contributed by atoms with E-state index in [1.165, 1.54) is 0 Å². The van der Waals surface area contributed by atoms with Gasteiger partial charge in [-0.2, -0.15) is 26.3 Å². The molecule has 7 heteroatoms. The second-order valence-electron chi connectivity index (χ2n) is 2.80. The van der Waals surface area contributed by atoms with E-state index in [1.54, 1.807) is 0 Å². The van der Waals surface area contributed by atoms with Crippen LogP contribution in [0.5, 0.6) is 0 Å². The van der Waals surface area contributed by atoms with Crippen molar-refractivity contribution >= 4 is 5.78 Å². The van der Waals surface area contributed by atoms with Crippen molar-refractivity contribution in [1.82, 2.24) is 0 Å². The Bertz CT molecular complexity index is 191. The molecule has 0 atom stereocenters. The molecule has 84 valence electrons. The number of alkyl halides is 6. The molecule has 0 aromatic rings. The number of halogens is 6. The Labute approximate surface area is 76.1 Å². The zero-order valence-corrected chi connectivity index (χ0v) is 7.00. The Kier molecular flexibility index (Phi) is 4.41. The minimum absolute atomic E-state index is 0.585. The molecular formula is C7H8F6O. The molecule has 0 radical (unpaired) electrons. The second kappa shape index (κ2) is 4.65. The summed E-state index contributed by atoms with van der Waals surface area (Å²) in [7, 11) is 0. The highest BCUT2D eigenvalue weighted by molar-refractivity contribution is 5.78. The first-order valence-electron chi connectivity index (χ1n) is 3.75. The van der Waals surface area contributed by atoms with Crippen LogP contribution in [0.15, 0.2) is 0 Å². The summed E-state index contributed by atoms with van der Waals surface area (Å²) in [5.74, 6) is -1.21. The summed E-state index contributed by atoms with van der Waals surface area (Å²) in [5, 5.41) is 0. The average Bonchev–Trinajstić information content (AvgIpc) is 1.78. The van der Waals surface area contributed by atoms with E-state index in [0.29, 0.717) is 0 Å². The average molecular weight is 222 g/mol. The van der Waals surface area contributed by atoms with Crippen LogP contribution in [0.2, 0.25) is 0 Å².